The molecule has 0 heterocycles. The molecule has 0 aromatic heterocycles. The zero-order valence-electron chi connectivity index (χ0n) is 13.5. The van der Waals surface area contributed by atoms with Crippen LogP contribution in [0.1, 0.15) is 96.8 Å². The summed E-state index contributed by atoms with van der Waals surface area (Å²) in [5, 5.41) is 0. The zero-order valence-corrected chi connectivity index (χ0v) is 13.5. The molecule has 0 saturated heterocycles. The predicted octanol–water partition coefficient (Wildman–Crippen LogP) is 6.11. The first-order valence-electron chi connectivity index (χ1n) is 8.89. The Morgan fingerprint density at radius 2 is 1.53 bits per heavy atom. The van der Waals surface area contributed by atoms with Crippen LogP contribution in [0.4, 0.5) is 0 Å². The van der Waals surface area contributed by atoms with Crippen molar-refractivity contribution < 1.29 is 4.74 Å². The highest BCUT2D eigenvalue weighted by Crippen LogP contribution is 2.29. The predicted molar refractivity (Wildman–Crippen MR) is 84.6 cm³/mol. The molecule has 1 rings (SSSR count). The maximum atomic E-state index is 5.70. The van der Waals surface area contributed by atoms with E-state index in [-0.39, 0.29) is 0 Å². The van der Waals surface area contributed by atoms with E-state index in [9.17, 15) is 0 Å². The summed E-state index contributed by atoms with van der Waals surface area (Å²) in [6.07, 6.45) is 20.3. The molecule has 1 saturated carbocycles. The third kappa shape index (κ3) is 8.68. The minimum atomic E-state index is 0.541. The number of unbranched alkanes of at least 4 members (excludes halogenated alkanes) is 6. The summed E-state index contributed by atoms with van der Waals surface area (Å²) in [6, 6.07) is 0. The van der Waals surface area contributed by atoms with Gasteiger partial charge >= 0.3 is 0 Å². The van der Waals surface area contributed by atoms with Gasteiger partial charge in [0.1, 0.15) is 0 Å². The molecule has 1 aliphatic rings. The monoisotopic (exact) mass is 268 g/mol. The second-order valence-corrected chi connectivity index (χ2v) is 6.51. The van der Waals surface area contributed by atoms with Gasteiger partial charge in [-0.1, -0.05) is 84.0 Å². The SMILES string of the molecule is CCCCCCCCCC(CC1CCCCC1)OC. The third-order valence-electron chi connectivity index (χ3n) is 4.78. The van der Waals surface area contributed by atoms with Gasteiger partial charge in [0.05, 0.1) is 6.10 Å². The standard InChI is InChI=1S/C18H36O/c1-3-4-5-6-7-8-12-15-18(19-2)16-17-13-10-9-11-14-17/h17-18H,3-16H2,1-2H3. The maximum absolute atomic E-state index is 5.70. The first kappa shape index (κ1) is 17.0. The number of methoxy groups -OCH3 is 1. The average molecular weight is 268 g/mol. The molecule has 1 fully saturated rings. The van der Waals surface area contributed by atoms with Crippen LogP contribution in [-0.4, -0.2) is 13.2 Å². The Morgan fingerprint density at radius 3 is 2.16 bits per heavy atom. The molecule has 0 amide bonds. The van der Waals surface area contributed by atoms with Gasteiger partial charge in [0.25, 0.3) is 0 Å². The highest BCUT2D eigenvalue weighted by Gasteiger charge is 2.18. The first-order valence-corrected chi connectivity index (χ1v) is 8.89. The van der Waals surface area contributed by atoms with Crippen LogP contribution in [0.2, 0.25) is 0 Å². The minimum Gasteiger partial charge on any atom is -0.381 e. The van der Waals surface area contributed by atoms with Gasteiger partial charge in [-0.2, -0.15) is 0 Å². The molecule has 1 heteroatoms. The molecule has 0 N–H and O–H groups in total. The van der Waals surface area contributed by atoms with Gasteiger partial charge in [-0.25, -0.2) is 0 Å². The highest BCUT2D eigenvalue weighted by molar-refractivity contribution is 4.70. The molecule has 19 heavy (non-hydrogen) atoms. The summed E-state index contributed by atoms with van der Waals surface area (Å²) in [6.45, 7) is 2.29. The van der Waals surface area contributed by atoms with Crippen molar-refractivity contribution in [3.8, 4) is 0 Å². The van der Waals surface area contributed by atoms with Crippen LogP contribution in [0.15, 0.2) is 0 Å². The molecule has 0 aliphatic heterocycles. The molecular weight excluding hydrogens is 232 g/mol. The van der Waals surface area contributed by atoms with E-state index >= 15 is 0 Å². The average Bonchev–Trinajstić information content (AvgIpc) is 2.46. The molecule has 114 valence electrons. The van der Waals surface area contributed by atoms with Crippen LogP contribution in [0.25, 0.3) is 0 Å². The zero-order chi connectivity index (χ0) is 13.8. The van der Waals surface area contributed by atoms with Gasteiger partial charge in [0, 0.05) is 7.11 Å². The van der Waals surface area contributed by atoms with Crippen LogP contribution in [0.3, 0.4) is 0 Å². The molecule has 1 unspecified atom stereocenters. The lowest BCUT2D eigenvalue weighted by Crippen LogP contribution is -2.18. The van der Waals surface area contributed by atoms with Gasteiger partial charge < -0.3 is 4.74 Å². The highest BCUT2D eigenvalue weighted by atomic mass is 16.5. The lowest BCUT2D eigenvalue weighted by atomic mass is 9.84. The largest absolute Gasteiger partial charge is 0.381 e. The van der Waals surface area contributed by atoms with Crippen molar-refractivity contribution in [2.45, 2.75) is 103 Å². The van der Waals surface area contributed by atoms with Crippen molar-refractivity contribution in [3.05, 3.63) is 0 Å². The van der Waals surface area contributed by atoms with Gasteiger partial charge in [-0.3, -0.25) is 0 Å². The van der Waals surface area contributed by atoms with Gasteiger partial charge in [-0.15, -0.1) is 0 Å². The van der Waals surface area contributed by atoms with Crippen molar-refractivity contribution in [3.63, 3.8) is 0 Å². The number of hydrogen-bond acceptors (Lipinski definition) is 1. The summed E-state index contributed by atoms with van der Waals surface area (Å²) >= 11 is 0. The Hall–Kier alpha value is -0.0400. The lowest BCUT2D eigenvalue weighted by Gasteiger charge is -2.25. The fourth-order valence-electron chi connectivity index (χ4n) is 3.46. The van der Waals surface area contributed by atoms with E-state index < -0.39 is 0 Å². The number of ether oxygens (including phenoxy) is 1. The molecular formula is C18H36O. The van der Waals surface area contributed by atoms with E-state index in [1.807, 2.05) is 7.11 Å². The molecule has 0 radical (unpaired) electrons. The van der Waals surface area contributed by atoms with Crippen molar-refractivity contribution in [1.82, 2.24) is 0 Å². The maximum Gasteiger partial charge on any atom is 0.0574 e. The second kappa shape index (κ2) is 11.8. The molecule has 0 aromatic rings. The second-order valence-electron chi connectivity index (χ2n) is 6.51. The van der Waals surface area contributed by atoms with Gasteiger partial charge in [0.15, 0.2) is 0 Å². The van der Waals surface area contributed by atoms with E-state index in [2.05, 4.69) is 6.92 Å². The van der Waals surface area contributed by atoms with E-state index in [0.717, 1.165) is 5.92 Å². The molecule has 1 aliphatic carbocycles. The Bertz CT molecular complexity index is 184. The van der Waals surface area contributed by atoms with Crippen LogP contribution >= 0.6 is 0 Å². The number of hydrogen-bond donors (Lipinski definition) is 0. The van der Waals surface area contributed by atoms with E-state index in [4.69, 9.17) is 4.74 Å². The topological polar surface area (TPSA) is 9.23 Å². The number of rotatable bonds is 11. The first-order chi connectivity index (χ1) is 9.36. The summed E-state index contributed by atoms with van der Waals surface area (Å²) in [7, 11) is 1.91. The molecule has 0 aromatic carbocycles. The van der Waals surface area contributed by atoms with Crippen molar-refractivity contribution in [2.24, 2.45) is 5.92 Å². The lowest BCUT2D eigenvalue weighted by molar-refractivity contribution is 0.0649. The summed E-state index contributed by atoms with van der Waals surface area (Å²) in [5.41, 5.74) is 0. The van der Waals surface area contributed by atoms with Crippen molar-refractivity contribution in [2.75, 3.05) is 7.11 Å². The molecule has 0 spiro atoms. The molecule has 0 bridgehead atoms. The van der Waals surface area contributed by atoms with Crippen molar-refractivity contribution >= 4 is 0 Å². The third-order valence-corrected chi connectivity index (χ3v) is 4.78. The fraction of sp³-hybridized carbons (Fsp3) is 1.00. The Balaban J connectivity index is 1.98. The van der Waals surface area contributed by atoms with E-state index in [0.29, 0.717) is 6.10 Å². The quantitative estimate of drug-likeness (QED) is 0.411. The van der Waals surface area contributed by atoms with Crippen LogP contribution in [-0.2, 0) is 4.74 Å². The Labute approximate surface area is 121 Å². The minimum absolute atomic E-state index is 0.541. The summed E-state index contributed by atoms with van der Waals surface area (Å²) in [4.78, 5) is 0. The van der Waals surface area contributed by atoms with E-state index in [1.54, 1.807) is 0 Å². The molecule has 1 nitrogen and oxygen atoms in total. The Morgan fingerprint density at radius 1 is 0.895 bits per heavy atom. The van der Waals surface area contributed by atoms with Gasteiger partial charge in [0.2, 0.25) is 0 Å². The van der Waals surface area contributed by atoms with Crippen molar-refractivity contribution in [1.29, 1.82) is 0 Å². The van der Waals surface area contributed by atoms with Gasteiger partial charge in [-0.05, 0) is 18.8 Å². The fourth-order valence-corrected chi connectivity index (χ4v) is 3.46. The summed E-state index contributed by atoms with van der Waals surface area (Å²) < 4.78 is 5.70. The smallest absolute Gasteiger partial charge is 0.0574 e. The van der Waals surface area contributed by atoms with E-state index in [1.165, 1.54) is 89.9 Å². The van der Waals surface area contributed by atoms with Crippen LogP contribution < -0.4 is 0 Å². The van der Waals surface area contributed by atoms with Crippen LogP contribution in [0.5, 0.6) is 0 Å². The summed E-state index contributed by atoms with van der Waals surface area (Å²) in [5.74, 6) is 0.961. The molecule has 1 atom stereocenters. The van der Waals surface area contributed by atoms with Crippen LogP contribution in [0, 0.1) is 5.92 Å². The normalized spacial score (nSPS) is 18.6. The Kier molecular flexibility index (Phi) is 10.5.